The van der Waals surface area contributed by atoms with Gasteiger partial charge in [0.25, 0.3) is 0 Å². The van der Waals surface area contributed by atoms with Crippen LogP contribution in [-0.4, -0.2) is 32.5 Å². The standard InChI is InChI=1S/C19H25ClN4O2S/c1-3-6-13(2)21-18(25)12-27-19-23-22-17(24(19)14-9-10-14)11-26-16-8-5-4-7-15(16)20/h4-5,7-8,13-14H,3,6,9-12H2,1-2H3,(H,21,25). The first-order valence-electron chi connectivity index (χ1n) is 9.31. The van der Waals surface area contributed by atoms with E-state index >= 15 is 0 Å². The molecule has 1 fully saturated rings. The molecule has 6 nitrogen and oxygen atoms in total. The Labute approximate surface area is 169 Å². The van der Waals surface area contributed by atoms with Crippen molar-refractivity contribution in [3.8, 4) is 5.75 Å². The van der Waals surface area contributed by atoms with Crippen LogP contribution in [0.5, 0.6) is 5.75 Å². The molecule has 1 heterocycles. The Bertz CT molecular complexity index is 779. The molecule has 0 spiro atoms. The molecule has 8 heteroatoms. The van der Waals surface area contributed by atoms with E-state index in [1.165, 1.54) is 11.8 Å². The Morgan fingerprint density at radius 1 is 1.41 bits per heavy atom. The van der Waals surface area contributed by atoms with Gasteiger partial charge in [-0.2, -0.15) is 0 Å². The molecule has 1 amide bonds. The summed E-state index contributed by atoms with van der Waals surface area (Å²) >= 11 is 7.57. The van der Waals surface area contributed by atoms with E-state index in [1.807, 2.05) is 25.1 Å². The number of halogens is 1. The van der Waals surface area contributed by atoms with Crippen LogP contribution in [0.15, 0.2) is 29.4 Å². The lowest BCUT2D eigenvalue weighted by atomic mass is 10.2. The zero-order chi connectivity index (χ0) is 19.2. The number of hydrogen-bond acceptors (Lipinski definition) is 5. The molecule has 1 unspecified atom stereocenters. The smallest absolute Gasteiger partial charge is 0.230 e. The molecule has 1 atom stereocenters. The van der Waals surface area contributed by atoms with E-state index in [0.717, 1.165) is 36.7 Å². The predicted molar refractivity (Wildman–Crippen MR) is 107 cm³/mol. The molecule has 2 aromatic rings. The Kier molecular flexibility index (Phi) is 7.01. The lowest BCUT2D eigenvalue weighted by Crippen LogP contribution is -2.33. The average molecular weight is 409 g/mol. The molecule has 1 aromatic carbocycles. The van der Waals surface area contributed by atoms with Gasteiger partial charge in [-0.25, -0.2) is 0 Å². The second-order valence-corrected chi connectivity index (χ2v) is 8.11. The zero-order valence-electron chi connectivity index (χ0n) is 15.7. The molecular formula is C19H25ClN4O2S. The van der Waals surface area contributed by atoms with Gasteiger partial charge >= 0.3 is 0 Å². The van der Waals surface area contributed by atoms with Crippen molar-refractivity contribution in [1.29, 1.82) is 0 Å². The minimum absolute atomic E-state index is 0.0279. The van der Waals surface area contributed by atoms with E-state index in [2.05, 4.69) is 27.0 Å². The Balaban J connectivity index is 1.60. The summed E-state index contributed by atoms with van der Waals surface area (Å²) < 4.78 is 7.92. The third-order valence-corrected chi connectivity index (χ3v) is 5.56. The van der Waals surface area contributed by atoms with Crippen LogP contribution in [0, 0.1) is 0 Å². The topological polar surface area (TPSA) is 69.0 Å². The number of hydrogen-bond donors (Lipinski definition) is 1. The van der Waals surface area contributed by atoms with Gasteiger partial charge in [-0.1, -0.05) is 48.8 Å². The van der Waals surface area contributed by atoms with Crippen molar-refractivity contribution in [3.05, 3.63) is 35.1 Å². The molecule has 0 aliphatic heterocycles. The van der Waals surface area contributed by atoms with Gasteiger partial charge in [-0.3, -0.25) is 9.36 Å². The summed E-state index contributed by atoms with van der Waals surface area (Å²) in [5.74, 6) is 1.76. The van der Waals surface area contributed by atoms with Gasteiger partial charge in [0, 0.05) is 12.1 Å². The van der Waals surface area contributed by atoms with Gasteiger partial charge in [0.1, 0.15) is 12.4 Å². The van der Waals surface area contributed by atoms with Crippen LogP contribution in [0.4, 0.5) is 0 Å². The number of carbonyl (C=O) groups is 1. The first-order valence-corrected chi connectivity index (χ1v) is 10.7. The third kappa shape index (κ3) is 5.62. The van der Waals surface area contributed by atoms with Crippen molar-refractivity contribution in [2.75, 3.05) is 5.75 Å². The number of benzene rings is 1. The second kappa shape index (κ2) is 9.46. The maximum Gasteiger partial charge on any atom is 0.230 e. The first-order chi connectivity index (χ1) is 13.1. The van der Waals surface area contributed by atoms with E-state index in [-0.39, 0.29) is 11.9 Å². The maximum absolute atomic E-state index is 12.1. The van der Waals surface area contributed by atoms with Crippen LogP contribution >= 0.6 is 23.4 Å². The number of rotatable bonds is 10. The summed E-state index contributed by atoms with van der Waals surface area (Å²) in [6, 6.07) is 7.97. The number of amides is 1. The van der Waals surface area contributed by atoms with Gasteiger partial charge < -0.3 is 10.1 Å². The van der Waals surface area contributed by atoms with E-state index in [4.69, 9.17) is 16.3 Å². The fourth-order valence-corrected chi connectivity index (χ4v) is 3.89. The van der Waals surface area contributed by atoms with Crippen LogP contribution in [0.25, 0.3) is 0 Å². The summed E-state index contributed by atoms with van der Waals surface area (Å²) in [5.41, 5.74) is 0. The highest BCUT2D eigenvalue weighted by Crippen LogP contribution is 2.39. The van der Waals surface area contributed by atoms with Crippen molar-refractivity contribution in [1.82, 2.24) is 20.1 Å². The van der Waals surface area contributed by atoms with Crippen LogP contribution in [0.1, 0.15) is 51.4 Å². The first kappa shape index (κ1) is 20.0. The number of para-hydroxylation sites is 1. The molecule has 1 aliphatic rings. The molecule has 146 valence electrons. The van der Waals surface area contributed by atoms with E-state index in [0.29, 0.717) is 29.2 Å². The monoisotopic (exact) mass is 408 g/mol. The maximum atomic E-state index is 12.1. The minimum atomic E-state index is 0.0279. The minimum Gasteiger partial charge on any atom is -0.484 e. The number of nitrogens with zero attached hydrogens (tertiary/aromatic N) is 3. The molecule has 0 bridgehead atoms. The summed E-state index contributed by atoms with van der Waals surface area (Å²) in [4.78, 5) is 12.1. The van der Waals surface area contributed by atoms with Gasteiger partial charge in [0.2, 0.25) is 5.91 Å². The average Bonchev–Trinajstić information content (AvgIpc) is 3.40. The number of thioether (sulfide) groups is 1. The predicted octanol–water partition coefficient (Wildman–Crippen LogP) is 4.24. The summed E-state index contributed by atoms with van der Waals surface area (Å²) in [6.45, 7) is 4.44. The highest BCUT2D eigenvalue weighted by molar-refractivity contribution is 7.99. The van der Waals surface area contributed by atoms with Gasteiger partial charge in [-0.15, -0.1) is 10.2 Å². The van der Waals surface area contributed by atoms with Crippen molar-refractivity contribution in [2.24, 2.45) is 0 Å². The molecule has 1 aliphatic carbocycles. The molecule has 1 aromatic heterocycles. The number of nitrogens with one attached hydrogen (secondary N) is 1. The number of aromatic nitrogens is 3. The normalized spacial score (nSPS) is 14.8. The largest absolute Gasteiger partial charge is 0.484 e. The van der Waals surface area contributed by atoms with E-state index in [9.17, 15) is 4.79 Å². The molecule has 1 N–H and O–H groups in total. The molecule has 0 radical (unpaired) electrons. The highest BCUT2D eigenvalue weighted by Gasteiger charge is 2.30. The SMILES string of the molecule is CCCC(C)NC(=O)CSc1nnc(COc2ccccc2Cl)n1C1CC1. The summed E-state index contributed by atoms with van der Waals surface area (Å²) in [6.07, 6.45) is 4.24. The van der Waals surface area contributed by atoms with Gasteiger partial charge in [0.05, 0.1) is 10.8 Å². The Morgan fingerprint density at radius 3 is 2.89 bits per heavy atom. The molecule has 3 rings (SSSR count). The highest BCUT2D eigenvalue weighted by atomic mass is 35.5. The van der Waals surface area contributed by atoms with Gasteiger partial charge in [-0.05, 0) is 38.3 Å². The zero-order valence-corrected chi connectivity index (χ0v) is 17.2. The lowest BCUT2D eigenvalue weighted by molar-refractivity contribution is -0.119. The fourth-order valence-electron chi connectivity index (χ4n) is 2.86. The summed E-state index contributed by atoms with van der Waals surface area (Å²) in [7, 11) is 0. The van der Waals surface area contributed by atoms with Crippen molar-refractivity contribution in [3.63, 3.8) is 0 Å². The van der Waals surface area contributed by atoms with E-state index in [1.54, 1.807) is 6.07 Å². The quantitative estimate of drug-likeness (QED) is 0.595. The van der Waals surface area contributed by atoms with Gasteiger partial charge in [0.15, 0.2) is 11.0 Å². The van der Waals surface area contributed by atoms with Crippen LogP contribution in [0.2, 0.25) is 5.02 Å². The Morgan fingerprint density at radius 2 is 2.19 bits per heavy atom. The van der Waals surface area contributed by atoms with Crippen molar-refractivity contribution in [2.45, 2.75) is 63.4 Å². The lowest BCUT2D eigenvalue weighted by Gasteiger charge is -2.13. The van der Waals surface area contributed by atoms with Crippen molar-refractivity contribution >= 4 is 29.3 Å². The van der Waals surface area contributed by atoms with Crippen LogP contribution in [-0.2, 0) is 11.4 Å². The van der Waals surface area contributed by atoms with Crippen molar-refractivity contribution < 1.29 is 9.53 Å². The number of ether oxygens (including phenoxy) is 1. The fraction of sp³-hybridized carbons (Fsp3) is 0.526. The number of carbonyl (C=O) groups excluding carboxylic acids is 1. The molecule has 1 saturated carbocycles. The van der Waals surface area contributed by atoms with Crippen LogP contribution < -0.4 is 10.1 Å². The second-order valence-electron chi connectivity index (χ2n) is 6.76. The Hall–Kier alpha value is -1.73. The molecule has 0 saturated heterocycles. The molecule has 27 heavy (non-hydrogen) atoms. The summed E-state index contributed by atoms with van der Waals surface area (Å²) in [5, 5.41) is 12.9. The van der Waals surface area contributed by atoms with E-state index < -0.39 is 0 Å². The molecular weight excluding hydrogens is 384 g/mol. The van der Waals surface area contributed by atoms with Crippen LogP contribution in [0.3, 0.4) is 0 Å². The third-order valence-electron chi connectivity index (χ3n) is 4.30.